The fourth-order valence-electron chi connectivity index (χ4n) is 3.36. The van der Waals surface area contributed by atoms with Gasteiger partial charge in [-0.1, -0.05) is 17.3 Å². The molecular weight excluding hydrogens is 333 g/mol. The van der Waals surface area contributed by atoms with Gasteiger partial charge in [-0.3, -0.25) is 4.99 Å². The summed E-state index contributed by atoms with van der Waals surface area (Å²) < 4.78 is 19.2. The summed E-state index contributed by atoms with van der Waals surface area (Å²) in [5.74, 6) is 1.59. The molecule has 1 fully saturated rings. The predicted octanol–water partition coefficient (Wildman–Crippen LogP) is 2.37. The third kappa shape index (κ3) is 3.98. The molecule has 140 valence electrons. The number of nitrogens with zero attached hydrogens (tertiary/aromatic N) is 4. The van der Waals surface area contributed by atoms with E-state index in [2.05, 4.69) is 25.3 Å². The Hall–Kier alpha value is -2.57. The number of aryl methyl sites for hydroxylation is 2. The zero-order chi connectivity index (χ0) is 18.5. The summed E-state index contributed by atoms with van der Waals surface area (Å²) in [4.78, 5) is 8.69. The molecule has 1 saturated heterocycles. The molecular formula is C19H26FN5O. The van der Waals surface area contributed by atoms with Crippen LogP contribution in [-0.4, -0.2) is 55.8 Å². The van der Waals surface area contributed by atoms with E-state index >= 15 is 0 Å². The van der Waals surface area contributed by atoms with Crippen molar-refractivity contribution in [3.8, 4) is 0 Å². The van der Waals surface area contributed by atoms with Crippen LogP contribution in [0.15, 0.2) is 33.8 Å². The summed E-state index contributed by atoms with van der Waals surface area (Å²) in [5.41, 5.74) is 2.77. The molecule has 1 aliphatic rings. The Labute approximate surface area is 153 Å². The molecule has 0 amide bonds. The number of aliphatic imine (C=N–C) groups is 1. The quantitative estimate of drug-likeness (QED) is 0.671. The first kappa shape index (κ1) is 18.2. The van der Waals surface area contributed by atoms with Crippen molar-refractivity contribution in [1.82, 2.24) is 15.4 Å². The first-order chi connectivity index (χ1) is 12.6. The number of hydrogen-bond acceptors (Lipinski definition) is 4. The Morgan fingerprint density at radius 1 is 1.23 bits per heavy atom. The van der Waals surface area contributed by atoms with Gasteiger partial charge in [0.1, 0.15) is 11.6 Å². The first-order valence-corrected chi connectivity index (χ1v) is 8.97. The molecule has 26 heavy (non-hydrogen) atoms. The number of halogens is 1. The topological polar surface area (TPSA) is 56.9 Å². The average Bonchev–Trinajstić information content (AvgIpc) is 2.98. The second kappa shape index (κ2) is 8.21. The summed E-state index contributed by atoms with van der Waals surface area (Å²) >= 11 is 0. The number of nitrogens with one attached hydrogen (secondary N) is 1. The molecule has 0 spiro atoms. The van der Waals surface area contributed by atoms with Gasteiger partial charge >= 0.3 is 0 Å². The number of guanidine groups is 1. The van der Waals surface area contributed by atoms with Crippen molar-refractivity contribution in [1.29, 1.82) is 0 Å². The maximum absolute atomic E-state index is 14.0. The fraction of sp³-hybridized carbons (Fsp3) is 0.474. The van der Waals surface area contributed by atoms with Crippen LogP contribution in [0.4, 0.5) is 10.1 Å². The van der Waals surface area contributed by atoms with E-state index in [0.717, 1.165) is 62.1 Å². The van der Waals surface area contributed by atoms with Crippen LogP contribution in [0, 0.1) is 19.7 Å². The molecule has 0 atom stereocenters. The third-order valence-electron chi connectivity index (χ3n) is 4.82. The Bertz CT molecular complexity index is 746. The van der Waals surface area contributed by atoms with E-state index in [9.17, 15) is 4.39 Å². The van der Waals surface area contributed by atoms with E-state index < -0.39 is 0 Å². The summed E-state index contributed by atoms with van der Waals surface area (Å²) in [6, 6.07) is 6.94. The number of anilines is 1. The van der Waals surface area contributed by atoms with Crippen LogP contribution < -0.4 is 10.2 Å². The molecule has 0 radical (unpaired) electrons. The van der Waals surface area contributed by atoms with E-state index in [1.54, 1.807) is 13.1 Å². The number of para-hydroxylation sites is 1. The number of rotatable bonds is 4. The summed E-state index contributed by atoms with van der Waals surface area (Å²) in [6.45, 7) is 7.81. The van der Waals surface area contributed by atoms with Crippen molar-refractivity contribution in [2.24, 2.45) is 4.99 Å². The zero-order valence-corrected chi connectivity index (χ0v) is 15.6. The highest BCUT2D eigenvalue weighted by molar-refractivity contribution is 5.80. The summed E-state index contributed by atoms with van der Waals surface area (Å²) in [7, 11) is 1.79. The Morgan fingerprint density at radius 2 is 1.96 bits per heavy atom. The zero-order valence-electron chi connectivity index (χ0n) is 15.6. The van der Waals surface area contributed by atoms with Crippen molar-refractivity contribution in [3.05, 3.63) is 47.1 Å². The second-order valence-corrected chi connectivity index (χ2v) is 6.45. The van der Waals surface area contributed by atoms with Crippen molar-refractivity contribution >= 4 is 11.6 Å². The number of aromatic nitrogens is 1. The standard InChI is InChI=1S/C19H26FN5O/c1-14-16(15(2)26-23-14)8-9-22-19(21-3)25-12-10-24(11-13-25)18-7-5-4-6-17(18)20/h4-7H,8-13H2,1-3H3,(H,21,22). The summed E-state index contributed by atoms with van der Waals surface area (Å²) in [5, 5.41) is 7.40. The van der Waals surface area contributed by atoms with Gasteiger partial charge in [-0.05, 0) is 32.4 Å². The smallest absolute Gasteiger partial charge is 0.193 e. The maximum atomic E-state index is 14.0. The highest BCUT2D eigenvalue weighted by Gasteiger charge is 2.21. The highest BCUT2D eigenvalue weighted by Crippen LogP contribution is 2.20. The lowest BCUT2D eigenvalue weighted by Gasteiger charge is -2.37. The molecule has 1 N–H and O–H groups in total. The number of piperazine rings is 1. The Kier molecular flexibility index (Phi) is 5.75. The van der Waals surface area contributed by atoms with Crippen LogP contribution >= 0.6 is 0 Å². The van der Waals surface area contributed by atoms with Gasteiger partial charge in [0.25, 0.3) is 0 Å². The molecule has 6 nitrogen and oxygen atoms in total. The number of hydrogen-bond donors (Lipinski definition) is 1. The van der Waals surface area contributed by atoms with Crippen molar-refractivity contribution in [2.45, 2.75) is 20.3 Å². The van der Waals surface area contributed by atoms with E-state index in [4.69, 9.17) is 4.52 Å². The predicted molar refractivity (Wildman–Crippen MR) is 101 cm³/mol. The lowest BCUT2D eigenvalue weighted by Crippen LogP contribution is -2.53. The van der Waals surface area contributed by atoms with Gasteiger partial charge in [0.05, 0.1) is 11.4 Å². The second-order valence-electron chi connectivity index (χ2n) is 6.45. The Balaban J connectivity index is 1.52. The van der Waals surface area contributed by atoms with Gasteiger partial charge in [0.15, 0.2) is 5.96 Å². The largest absolute Gasteiger partial charge is 0.366 e. The van der Waals surface area contributed by atoms with Gasteiger partial charge in [0.2, 0.25) is 0 Å². The summed E-state index contributed by atoms with van der Waals surface area (Å²) in [6.07, 6.45) is 0.843. The fourth-order valence-corrected chi connectivity index (χ4v) is 3.36. The van der Waals surface area contributed by atoms with Crippen LogP contribution in [0.3, 0.4) is 0 Å². The molecule has 0 aliphatic carbocycles. The van der Waals surface area contributed by atoms with Crippen LogP contribution in [0.1, 0.15) is 17.0 Å². The molecule has 1 aromatic heterocycles. The van der Waals surface area contributed by atoms with Gasteiger partial charge in [-0.25, -0.2) is 4.39 Å². The molecule has 2 heterocycles. The molecule has 0 unspecified atom stereocenters. The minimum atomic E-state index is -0.164. The monoisotopic (exact) mass is 359 g/mol. The van der Waals surface area contributed by atoms with Crippen LogP contribution in [0.2, 0.25) is 0 Å². The van der Waals surface area contributed by atoms with E-state index in [1.165, 1.54) is 6.07 Å². The molecule has 2 aromatic rings. The molecule has 1 aromatic carbocycles. The van der Waals surface area contributed by atoms with Crippen LogP contribution in [0.25, 0.3) is 0 Å². The maximum Gasteiger partial charge on any atom is 0.193 e. The molecule has 1 aliphatic heterocycles. The van der Waals surface area contributed by atoms with Crippen LogP contribution in [-0.2, 0) is 6.42 Å². The van der Waals surface area contributed by atoms with Crippen molar-refractivity contribution in [3.63, 3.8) is 0 Å². The normalized spacial score (nSPS) is 15.5. The van der Waals surface area contributed by atoms with Gasteiger partial charge in [-0.2, -0.15) is 0 Å². The van der Waals surface area contributed by atoms with E-state index in [1.807, 2.05) is 26.0 Å². The number of benzene rings is 1. The van der Waals surface area contributed by atoms with Crippen molar-refractivity contribution in [2.75, 3.05) is 44.7 Å². The molecule has 3 rings (SSSR count). The molecule has 7 heteroatoms. The van der Waals surface area contributed by atoms with E-state index in [-0.39, 0.29) is 5.82 Å². The van der Waals surface area contributed by atoms with Gasteiger partial charge in [-0.15, -0.1) is 0 Å². The first-order valence-electron chi connectivity index (χ1n) is 8.97. The lowest BCUT2D eigenvalue weighted by atomic mass is 10.1. The van der Waals surface area contributed by atoms with Gasteiger partial charge in [0, 0.05) is 45.3 Å². The van der Waals surface area contributed by atoms with E-state index in [0.29, 0.717) is 5.69 Å². The Morgan fingerprint density at radius 3 is 2.58 bits per heavy atom. The molecule has 0 saturated carbocycles. The van der Waals surface area contributed by atoms with Crippen LogP contribution in [0.5, 0.6) is 0 Å². The lowest BCUT2D eigenvalue weighted by molar-refractivity contribution is 0.371. The molecule has 0 bridgehead atoms. The SMILES string of the molecule is CN=C(NCCc1c(C)noc1C)N1CCN(c2ccccc2F)CC1. The third-order valence-corrected chi connectivity index (χ3v) is 4.82. The minimum Gasteiger partial charge on any atom is -0.366 e. The minimum absolute atomic E-state index is 0.164. The average molecular weight is 359 g/mol. The van der Waals surface area contributed by atoms with Gasteiger partial charge < -0.3 is 19.6 Å². The van der Waals surface area contributed by atoms with Crippen molar-refractivity contribution < 1.29 is 8.91 Å². The highest BCUT2D eigenvalue weighted by atomic mass is 19.1.